The molecule has 0 aromatic carbocycles. The van der Waals surface area contributed by atoms with E-state index in [1.165, 1.54) is 19.3 Å². The quantitative estimate of drug-likeness (QED) is 0.494. The highest BCUT2D eigenvalue weighted by molar-refractivity contribution is 5.06. The second-order valence-electron chi connectivity index (χ2n) is 3.45. The molecule has 1 aliphatic carbocycles. The lowest BCUT2D eigenvalue weighted by atomic mass is 10.1. The van der Waals surface area contributed by atoms with Crippen LogP contribution in [-0.4, -0.2) is 0 Å². The van der Waals surface area contributed by atoms with Gasteiger partial charge in [0.1, 0.15) is 0 Å². The van der Waals surface area contributed by atoms with E-state index < -0.39 is 0 Å². The Balaban J connectivity index is 2.35. The fourth-order valence-electron chi connectivity index (χ4n) is 1.35. The Bertz CT molecular complexity index is 202. The molecule has 0 spiro atoms. The molecule has 0 bridgehead atoms. The number of rotatable bonds is 0. The van der Waals surface area contributed by atoms with Crippen LogP contribution >= 0.6 is 0 Å². The van der Waals surface area contributed by atoms with Crippen molar-refractivity contribution in [2.45, 2.75) is 38.5 Å². The van der Waals surface area contributed by atoms with Crippen molar-refractivity contribution in [2.24, 2.45) is 0 Å². The molecular weight excluding hydrogens is 168 g/mol. The summed E-state index contributed by atoms with van der Waals surface area (Å²) in [4.78, 5) is 0. The van der Waals surface area contributed by atoms with Crippen LogP contribution in [0.15, 0.2) is 42.5 Å². The van der Waals surface area contributed by atoms with Crippen molar-refractivity contribution in [1.29, 1.82) is 0 Å². The summed E-state index contributed by atoms with van der Waals surface area (Å²) in [6.45, 7) is 0. The molecule has 0 saturated heterocycles. The Morgan fingerprint density at radius 2 is 1.64 bits per heavy atom. The third-order valence-corrected chi connectivity index (χ3v) is 2.16. The fourth-order valence-corrected chi connectivity index (χ4v) is 1.35. The van der Waals surface area contributed by atoms with Gasteiger partial charge in [0.15, 0.2) is 0 Å². The lowest BCUT2D eigenvalue weighted by Gasteiger charge is -1.92. The highest BCUT2D eigenvalue weighted by Gasteiger charge is 1.84. The van der Waals surface area contributed by atoms with E-state index in [9.17, 15) is 0 Å². The highest BCUT2D eigenvalue weighted by Crippen LogP contribution is 2.03. The van der Waals surface area contributed by atoms with E-state index in [-0.39, 0.29) is 0 Å². The Labute approximate surface area is 87.7 Å². The van der Waals surface area contributed by atoms with E-state index in [0.717, 1.165) is 19.3 Å². The van der Waals surface area contributed by atoms with Gasteiger partial charge in [-0.1, -0.05) is 42.5 Å². The first-order valence-corrected chi connectivity index (χ1v) is 5.52. The van der Waals surface area contributed by atoms with E-state index in [2.05, 4.69) is 48.6 Å². The molecule has 0 heterocycles. The molecule has 1 aliphatic rings. The predicted molar refractivity (Wildman–Crippen MR) is 62.9 cm³/mol. The van der Waals surface area contributed by atoms with Crippen molar-refractivity contribution in [2.75, 3.05) is 0 Å². The Morgan fingerprint density at radius 3 is 2.57 bits per heavy atom. The zero-order valence-corrected chi connectivity index (χ0v) is 8.78. The van der Waals surface area contributed by atoms with Gasteiger partial charge in [0.05, 0.1) is 0 Å². The maximum Gasteiger partial charge on any atom is -0.0160 e. The first-order chi connectivity index (χ1) is 7.00. The smallest absolute Gasteiger partial charge is 0.0160 e. The maximum absolute atomic E-state index is 3.31. The summed E-state index contributed by atoms with van der Waals surface area (Å²) in [5.74, 6) is 0. The summed E-state index contributed by atoms with van der Waals surface area (Å²) in [6, 6.07) is 0. The van der Waals surface area contributed by atoms with Crippen LogP contribution in [0.5, 0.6) is 0 Å². The van der Waals surface area contributed by atoms with Crippen molar-refractivity contribution in [3.63, 3.8) is 0 Å². The van der Waals surface area contributed by atoms with Gasteiger partial charge >= 0.3 is 0 Å². The fraction of sp³-hybridized carbons (Fsp3) is 0.429. The third-order valence-electron chi connectivity index (χ3n) is 2.16. The lowest BCUT2D eigenvalue weighted by Crippen LogP contribution is -1.73. The van der Waals surface area contributed by atoms with Crippen molar-refractivity contribution in [3.05, 3.63) is 48.6 Å². The monoisotopic (exact) mass is 187 g/mol. The van der Waals surface area contributed by atoms with Gasteiger partial charge in [0, 0.05) is 0 Å². The van der Waals surface area contributed by atoms with Crippen molar-refractivity contribution >= 4 is 0 Å². The molecular formula is C14H19. The van der Waals surface area contributed by atoms with Gasteiger partial charge in [-0.05, 0) is 44.6 Å². The summed E-state index contributed by atoms with van der Waals surface area (Å²) in [7, 11) is 0. The van der Waals surface area contributed by atoms with Gasteiger partial charge in [-0.25, -0.2) is 0 Å². The molecule has 0 unspecified atom stereocenters. The van der Waals surface area contributed by atoms with Crippen molar-refractivity contribution in [3.8, 4) is 0 Å². The summed E-state index contributed by atoms with van der Waals surface area (Å²) < 4.78 is 0. The summed E-state index contributed by atoms with van der Waals surface area (Å²) >= 11 is 0. The van der Waals surface area contributed by atoms with Gasteiger partial charge in [-0.15, -0.1) is 0 Å². The molecule has 0 amide bonds. The molecule has 0 fully saturated rings. The molecule has 0 nitrogen and oxygen atoms in total. The van der Waals surface area contributed by atoms with Crippen LogP contribution in [0.1, 0.15) is 38.5 Å². The molecule has 0 heteroatoms. The van der Waals surface area contributed by atoms with E-state index in [0.29, 0.717) is 0 Å². The van der Waals surface area contributed by atoms with Crippen LogP contribution in [0.2, 0.25) is 0 Å². The predicted octanol–water partition coefficient (Wildman–Crippen LogP) is 4.37. The molecule has 0 aromatic rings. The molecule has 0 saturated carbocycles. The molecule has 1 radical (unpaired) electrons. The van der Waals surface area contributed by atoms with E-state index >= 15 is 0 Å². The van der Waals surface area contributed by atoms with Gasteiger partial charge in [0.2, 0.25) is 0 Å². The van der Waals surface area contributed by atoms with Crippen molar-refractivity contribution in [1.82, 2.24) is 0 Å². The van der Waals surface area contributed by atoms with Crippen LogP contribution in [0.25, 0.3) is 0 Å². The summed E-state index contributed by atoms with van der Waals surface area (Å²) in [5, 5.41) is 0. The maximum atomic E-state index is 3.31. The minimum atomic E-state index is 1.01. The summed E-state index contributed by atoms with van der Waals surface area (Å²) in [5.41, 5.74) is 0. The topological polar surface area (TPSA) is 0 Å². The van der Waals surface area contributed by atoms with Crippen LogP contribution in [0.3, 0.4) is 0 Å². The van der Waals surface area contributed by atoms with Gasteiger partial charge in [-0.2, -0.15) is 0 Å². The minimum Gasteiger partial charge on any atom is -0.0882 e. The number of hydrogen-bond acceptors (Lipinski definition) is 0. The van der Waals surface area contributed by atoms with Crippen LogP contribution < -0.4 is 0 Å². The Morgan fingerprint density at radius 1 is 0.786 bits per heavy atom. The molecule has 0 N–H and O–H groups in total. The normalized spacial score (nSPS) is 28.6. The zero-order chi connectivity index (χ0) is 9.90. The van der Waals surface area contributed by atoms with E-state index in [1.54, 1.807) is 0 Å². The Hall–Kier alpha value is -1.04. The SMILES string of the molecule is [C]1=C/C/C=C\C=C\C/C=C/CCCC/1. The van der Waals surface area contributed by atoms with Crippen LogP contribution in [-0.2, 0) is 0 Å². The standard InChI is InChI=1S/C14H19/c1-2-4-6-8-10-12-14-13-11-9-7-5-3-1/h1-4,7-9H,5-6,11-14H2/b3-1+,4-2-,9-7+,10-8?. The highest BCUT2D eigenvalue weighted by atomic mass is 13.9. The molecule has 1 rings (SSSR count). The molecule has 0 atom stereocenters. The van der Waals surface area contributed by atoms with Crippen LogP contribution in [0, 0.1) is 6.08 Å². The average molecular weight is 187 g/mol. The van der Waals surface area contributed by atoms with Gasteiger partial charge in [0.25, 0.3) is 0 Å². The Kier molecular flexibility index (Phi) is 6.74. The number of allylic oxidation sites excluding steroid dienone is 8. The lowest BCUT2D eigenvalue weighted by molar-refractivity contribution is 0.752. The minimum absolute atomic E-state index is 1.01. The van der Waals surface area contributed by atoms with Crippen molar-refractivity contribution < 1.29 is 0 Å². The molecule has 75 valence electrons. The number of hydrogen-bond donors (Lipinski definition) is 0. The molecule has 0 aromatic heterocycles. The van der Waals surface area contributed by atoms with E-state index in [1.807, 2.05) is 0 Å². The van der Waals surface area contributed by atoms with E-state index in [4.69, 9.17) is 0 Å². The first-order valence-electron chi connectivity index (χ1n) is 5.52. The third kappa shape index (κ3) is 6.47. The van der Waals surface area contributed by atoms with Gasteiger partial charge in [-0.3, -0.25) is 0 Å². The summed E-state index contributed by atoms with van der Waals surface area (Å²) in [6.07, 6.45) is 25.5. The van der Waals surface area contributed by atoms with Gasteiger partial charge < -0.3 is 0 Å². The molecule has 14 heavy (non-hydrogen) atoms. The second-order valence-corrected chi connectivity index (χ2v) is 3.45. The largest absolute Gasteiger partial charge is 0.0882 e. The molecule has 0 aliphatic heterocycles. The van der Waals surface area contributed by atoms with Crippen LogP contribution in [0.4, 0.5) is 0 Å². The second kappa shape index (κ2) is 8.55. The zero-order valence-electron chi connectivity index (χ0n) is 8.78. The average Bonchev–Trinajstić information content (AvgIpc) is 2.22. The first kappa shape index (κ1) is 11.0.